The van der Waals surface area contributed by atoms with Crippen molar-refractivity contribution in [3.8, 4) is 0 Å². The van der Waals surface area contributed by atoms with Crippen molar-refractivity contribution in [3.05, 3.63) is 60.8 Å². The van der Waals surface area contributed by atoms with Gasteiger partial charge in [0.25, 0.3) is 0 Å². The molecule has 0 bridgehead atoms. The number of unbranched alkanes of at least 4 members (excludes halogenated alkanes) is 18. The van der Waals surface area contributed by atoms with Crippen LogP contribution in [0, 0.1) is 0 Å². The molecule has 0 fully saturated rings. The lowest BCUT2D eigenvalue weighted by atomic mass is 10.1. The van der Waals surface area contributed by atoms with Crippen molar-refractivity contribution in [2.75, 3.05) is 13.2 Å². The molecule has 0 aromatic carbocycles. The van der Waals surface area contributed by atoms with E-state index in [9.17, 15) is 14.4 Å². The fourth-order valence-corrected chi connectivity index (χ4v) is 5.95. The van der Waals surface area contributed by atoms with Gasteiger partial charge in [0.05, 0.1) is 0 Å². The van der Waals surface area contributed by atoms with Crippen LogP contribution in [0.2, 0.25) is 0 Å². The summed E-state index contributed by atoms with van der Waals surface area (Å²) in [6.07, 6.45) is 50.7. The maximum absolute atomic E-state index is 12.7. The van der Waals surface area contributed by atoms with E-state index in [-0.39, 0.29) is 37.5 Å². The lowest BCUT2D eigenvalue weighted by molar-refractivity contribution is -0.167. The molecule has 0 heterocycles. The number of carbonyl (C=O) groups is 3. The molecule has 54 heavy (non-hydrogen) atoms. The Labute approximate surface area is 332 Å². The maximum Gasteiger partial charge on any atom is 0.306 e. The zero-order valence-electron chi connectivity index (χ0n) is 35.2. The number of ether oxygens (including phenoxy) is 3. The summed E-state index contributed by atoms with van der Waals surface area (Å²) >= 11 is 0. The van der Waals surface area contributed by atoms with E-state index >= 15 is 0 Å². The van der Waals surface area contributed by atoms with Crippen LogP contribution in [0.1, 0.15) is 207 Å². The minimum atomic E-state index is -0.789. The molecule has 0 N–H and O–H groups in total. The van der Waals surface area contributed by atoms with Gasteiger partial charge in [0.1, 0.15) is 13.2 Å². The molecule has 0 amide bonds. The molecule has 1 unspecified atom stereocenters. The van der Waals surface area contributed by atoms with Crippen molar-refractivity contribution in [1.29, 1.82) is 0 Å². The van der Waals surface area contributed by atoms with Crippen LogP contribution in [0.3, 0.4) is 0 Å². The first-order valence-electron chi connectivity index (χ1n) is 22.3. The van der Waals surface area contributed by atoms with E-state index in [0.717, 1.165) is 77.0 Å². The molecule has 0 radical (unpaired) electrons. The van der Waals surface area contributed by atoms with E-state index in [2.05, 4.69) is 81.5 Å². The van der Waals surface area contributed by atoms with Gasteiger partial charge < -0.3 is 14.2 Å². The van der Waals surface area contributed by atoms with Crippen molar-refractivity contribution in [2.24, 2.45) is 0 Å². The third-order valence-corrected chi connectivity index (χ3v) is 9.29. The van der Waals surface area contributed by atoms with Crippen LogP contribution < -0.4 is 0 Å². The SMILES string of the molecule is CC/C=C\C/C=C\C/C=C\C/C=C\C/C=C\CCCC(=O)OCC(COC(=O)CCCCCCCCCCC)OC(=O)CCCCCCCCCCCC. The summed E-state index contributed by atoms with van der Waals surface area (Å²) in [6.45, 7) is 6.42. The highest BCUT2D eigenvalue weighted by molar-refractivity contribution is 5.71. The summed E-state index contributed by atoms with van der Waals surface area (Å²) in [5.74, 6) is -0.958. The van der Waals surface area contributed by atoms with Gasteiger partial charge in [-0.25, -0.2) is 0 Å². The Hall–Kier alpha value is -2.89. The summed E-state index contributed by atoms with van der Waals surface area (Å²) in [5, 5.41) is 0. The van der Waals surface area contributed by atoms with Crippen molar-refractivity contribution in [2.45, 2.75) is 213 Å². The monoisotopic (exact) mass is 755 g/mol. The average molecular weight is 755 g/mol. The fourth-order valence-electron chi connectivity index (χ4n) is 5.95. The summed E-state index contributed by atoms with van der Waals surface area (Å²) in [4.78, 5) is 37.6. The van der Waals surface area contributed by atoms with E-state index in [1.165, 1.54) is 83.5 Å². The molecule has 1 atom stereocenters. The Morgan fingerprint density at radius 2 is 0.722 bits per heavy atom. The van der Waals surface area contributed by atoms with Crippen LogP contribution in [0.4, 0.5) is 0 Å². The van der Waals surface area contributed by atoms with Crippen LogP contribution in [-0.4, -0.2) is 37.2 Å². The second kappa shape index (κ2) is 42.8. The van der Waals surface area contributed by atoms with Gasteiger partial charge in [0.15, 0.2) is 6.10 Å². The number of hydrogen-bond acceptors (Lipinski definition) is 6. The molecule has 0 aromatic heterocycles. The third kappa shape index (κ3) is 40.3. The van der Waals surface area contributed by atoms with E-state index < -0.39 is 6.10 Å². The summed E-state index contributed by atoms with van der Waals surface area (Å²) in [5.41, 5.74) is 0. The molecule has 6 heteroatoms. The zero-order valence-corrected chi connectivity index (χ0v) is 35.2. The molecule has 0 aliphatic rings. The molecule has 0 aromatic rings. The first kappa shape index (κ1) is 51.1. The Balaban J connectivity index is 4.43. The Kier molecular flexibility index (Phi) is 40.6. The number of carbonyl (C=O) groups excluding carboxylic acids is 3. The van der Waals surface area contributed by atoms with Crippen LogP contribution in [-0.2, 0) is 28.6 Å². The summed E-state index contributed by atoms with van der Waals surface area (Å²) in [7, 11) is 0. The maximum atomic E-state index is 12.7. The average Bonchev–Trinajstić information content (AvgIpc) is 3.17. The van der Waals surface area contributed by atoms with Gasteiger partial charge in [-0.05, 0) is 57.8 Å². The smallest absolute Gasteiger partial charge is 0.306 e. The Morgan fingerprint density at radius 3 is 1.13 bits per heavy atom. The first-order valence-corrected chi connectivity index (χ1v) is 22.3. The van der Waals surface area contributed by atoms with Crippen molar-refractivity contribution in [1.82, 2.24) is 0 Å². The van der Waals surface area contributed by atoms with Gasteiger partial charge in [0.2, 0.25) is 0 Å². The molecular weight excluding hydrogens is 673 g/mol. The lowest BCUT2D eigenvalue weighted by Gasteiger charge is -2.18. The summed E-state index contributed by atoms with van der Waals surface area (Å²) < 4.78 is 16.6. The van der Waals surface area contributed by atoms with Crippen LogP contribution in [0.15, 0.2) is 60.8 Å². The standard InChI is InChI=1S/C48H82O6/c1-4-7-10-13-16-19-21-22-23-24-25-26-27-30-32-35-38-41-47(50)53-44-45(43-52-46(49)40-37-34-31-28-18-15-12-9-6-3)54-48(51)42-39-36-33-29-20-17-14-11-8-5-2/h7,10,16,19,22-23,25-26,30,32,45H,4-6,8-9,11-15,17-18,20-21,24,27-29,31,33-44H2,1-3H3/b10-7-,19-16-,23-22-,26-25-,32-30-. The fraction of sp³-hybridized carbons (Fsp3) is 0.729. The predicted molar refractivity (Wildman–Crippen MR) is 228 cm³/mol. The normalized spacial score (nSPS) is 12.6. The first-order chi connectivity index (χ1) is 26.5. The van der Waals surface area contributed by atoms with Crippen molar-refractivity contribution < 1.29 is 28.6 Å². The molecule has 0 saturated heterocycles. The van der Waals surface area contributed by atoms with E-state index in [1.54, 1.807) is 0 Å². The zero-order chi connectivity index (χ0) is 39.4. The Bertz CT molecular complexity index is 1010. The molecule has 0 rings (SSSR count). The van der Waals surface area contributed by atoms with Gasteiger partial charge in [-0.3, -0.25) is 14.4 Å². The van der Waals surface area contributed by atoms with Crippen LogP contribution in [0.5, 0.6) is 0 Å². The van der Waals surface area contributed by atoms with Crippen LogP contribution in [0.25, 0.3) is 0 Å². The van der Waals surface area contributed by atoms with E-state index in [0.29, 0.717) is 19.3 Å². The highest BCUT2D eigenvalue weighted by atomic mass is 16.6. The van der Waals surface area contributed by atoms with Crippen molar-refractivity contribution in [3.63, 3.8) is 0 Å². The molecular formula is C48H82O6. The summed E-state index contributed by atoms with van der Waals surface area (Å²) in [6, 6.07) is 0. The number of allylic oxidation sites excluding steroid dienone is 10. The van der Waals surface area contributed by atoms with Gasteiger partial charge in [-0.1, -0.05) is 191 Å². The van der Waals surface area contributed by atoms with Gasteiger partial charge >= 0.3 is 17.9 Å². The van der Waals surface area contributed by atoms with E-state index in [4.69, 9.17) is 14.2 Å². The molecule has 0 spiro atoms. The van der Waals surface area contributed by atoms with Crippen LogP contribution >= 0.6 is 0 Å². The second-order valence-corrected chi connectivity index (χ2v) is 14.6. The second-order valence-electron chi connectivity index (χ2n) is 14.6. The lowest BCUT2D eigenvalue weighted by Crippen LogP contribution is -2.30. The quantitative estimate of drug-likeness (QED) is 0.0269. The number of esters is 3. The van der Waals surface area contributed by atoms with Gasteiger partial charge in [-0.2, -0.15) is 0 Å². The minimum absolute atomic E-state index is 0.0899. The van der Waals surface area contributed by atoms with Crippen molar-refractivity contribution >= 4 is 17.9 Å². The highest BCUT2D eigenvalue weighted by Crippen LogP contribution is 2.14. The number of rotatable bonds is 39. The van der Waals surface area contributed by atoms with Gasteiger partial charge in [0, 0.05) is 19.3 Å². The van der Waals surface area contributed by atoms with E-state index in [1.807, 2.05) is 0 Å². The third-order valence-electron chi connectivity index (χ3n) is 9.29. The molecule has 310 valence electrons. The number of hydrogen-bond donors (Lipinski definition) is 0. The molecule has 0 saturated carbocycles. The van der Waals surface area contributed by atoms with Gasteiger partial charge in [-0.15, -0.1) is 0 Å². The highest BCUT2D eigenvalue weighted by Gasteiger charge is 2.19. The minimum Gasteiger partial charge on any atom is -0.462 e. The topological polar surface area (TPSA) is 78.9 Å². The largest absolute Gasteiger partial charge is 0.462 e. The Morgan fingerprint density at radius 1 is 0.389 bits per heavy atom. The molecule has 0 aliphatic heterocycles. The predicted octanol–water partition coefficient (Wildman–Crippen LogP) is 14.1. The molecule has 0 aliphatic carbocycles. The molecule has 6 nitrogen and oxygen atoms in total.